The lowest BCUT2D eigenvalue weighted by Gasteiger charge is -2.26. The van der Waals surface area contributed by atoms with Crippen molar-refractivity contribution in [2.24, 2.45) is 0 Å². The number of aryl methyl sites for hydroxylation is 4. The monoisotopic (exact) mass is 713 g/mol. The molecule has 260 valence electrons. The Morgan fingerprint density at radius 2 is 1.08 bits per heavy atom. The maximum absolute atomic E-state index is 12.2. The summed E-state index contributed by atoms with van der Waals surface area (Å²) < 4.78 is 81.3. The Kier molecular flexibility index (Phi) is 10.8. The highest BCUT2D eigenvalue weighted by molar-refractivity contribution is 7.87. The molecule has 4 aromatic rings. The third-order valence-corrected chi connectivity index (χ3v) is 10.0. The van der Waals surface area contributed by atoms with Crippen LogP contribution in [-0.2, 0) is 28.6 Å². The highest BCUT2D eigenvalue weighted by Crippen LogP contribution is 2.37. The summed E-state index contributed by atoms with van der Waals surface area (Å²) in [5.74, 6) is 1.84. The maximum atomic E-state index is 12.2. The molecule has 2 aliphatic heterocycles. The largest absolute Gasteiger partial charge is 0.486 e. The molecule has 0 saturated heterocycles. The lowest BCUT2D eigenvalue weighted by molar-refractivity contribution is -0.385. The first-order valence-corrected chi connectivity index (χ1v) is 17.9. The molecule has 0 fully saturated rings. The lowest BCUT2D eigenvalue weighted by atomic mass is 10.1. The van der Waals surface area contributed by atoms with Gasteiger partial charge in [0.2, 0.25) is 0 Å². The van der Waals surface area contributed by atoms with Gasteiger partial charge in [-0.05, 0) is 75.7 Å². The quantitative estimate of drug-likeness (QED) is 0.120. The van der Waals surface area contributed by atoms with Crippen LogP contribution in [0.15, 0.2) is 88.7 Å². The van der Waals surface area contributed by atoms with E-state index >= 15 is 0 Å². The van der Waals surface area contributed by atoms with Gasteiger partial charge in [0.1, 0.15) is 26.4 Å². The fourth-order valence-corrected chi connectivity index (χ4v) is 6.58. The van der Waals surface area contributed by atoms with Gasteiger partial charge in [0.05, 0.1) is 20.8 Å². The Bertz CT molecular complexity index is 2030. The van der Waals surface area contributed by atoms with Gasteiger partial charge in [0.15, 0.2) is 35.2 Å². The van der Waals surface area contributed by atoms with Gasteiger partial charge < -0.3 is 18.9 Å². The highest BCUT2D eigenvalue weighted by Gasteiger charge is 2.28. The molecular formula is C34H35NO12S2. The van der Waals surface area contributed by atoms with Crippen molar-refractivity contribution in [3.63, 3.8) is 0 Å². The van der Waals surface area contributed by atoms with Crippen molar-refractivity contribution in [3.8, 4) is 23.0 Å². The fraction of sp³-hybridized carbons (Fsp3) is 0.294. The van der Waals surface area contributed by atoms with Gasteiger partial charge in [-0.15, -0.1) is 0 Å². The molecule has 6 rings (SSSR count). The number of benzene rings is 4. The zero-order valence-corrected chi connectivity index (χ0v) is 28.8. The molecule has 13 nitrogen and oxygen atoms in total. The third kappa shape index (κ3) is 9.06. The summed E-state index contributed by atoms with van der Waals surface area (Å²) in [6, 6.07) is 21.2. The number of nitro groups is 1. The second-order valence-electron chi connectivity index (χ2n) is 11.5. The van der Waals surface area contributed by atoms with Gasteiger partial charge in [-0.3, -0.25) is 18.5 Å². The number of hydrogen-bond donors (Lipinski definition) is 0. The van der Waals surface area contributed by atoms with E-state index in [0.29, 0.717) is 22.8 Å². The first kappa shape index (κ1) is 35.6. The molecule has 4 aromatic carbocycles. The second-order valence-corrected chi connectivity index (χ2v) is 14.7. The van der Waals surface area contributed by atoms with Crippen molar-refractivity contribution < 1.29 is 49.1 Å². The Morgan fingerprint density at radius 3 is 1.57 bits per heavy atom. The molecule has 15 heteroatoms. The van der Waals surface area contributed by atoms with E-state index < -0.39 is 37.4 Å². The van der Waals surface area contributed by atoms with E-state index in [2.05, 4.69) is 0 Å². The van der Waals surface area contributed by atoms with Crippen LogP contribution in [-0.4, -0.2) is 60.4 Å². The van der Waals surface area contributed by atoms with E-state index in [-0.39, 0.29) is 47.7 Å². The average Bonchev–Trinajstić information content (AvgIpc) is 3.07. The predicted octanol–water partition coefficient (Wildman–Crippen LogP) is 5.61. The highest BCUT2D eigenvalue weighted by atomic mass is 32.2. The summed E-state index contributed by atoms with van der Waals surface area (Å²) in [4.78, 5) is 10.7. The van der Waals surface area contributed by atoms with Crippen LogP contribution >= 0.6 is 0 Å². The van der Waals surface area contributed by atoms with Crippen molar-refractivity contribution in [2.45, 2.75) is 49.7 Å². The van der Waals surface area contributed by atoms with Gasteiger partial charge in [-0.1, -0.05) is 41.5 Å². The first-order chi connectivity index (χ1) is 23.2. The summed E-state index contributed by atoms with van der Waals surface area (Å²) in [5, 5.41) is 11.0. The topological polar surface area (TPSA) is 167 Å². The molecule has 0 aliphatic carbocycles. The van der Waals surface area contributed by atoms with Gasteiger partial charge >= 0.3 is 0 Å². The predicted molar refractivity (Wildman–Crippen MR) is 177 cm³/mol. The molecule has 0 bridgehead atoms. The number of nitro benzene ring substituents is 1. The molecule has 0 spiro atoms. The van der Waals surface area contributed by atoms with Gasteiger partial charge in [-0.2, -0.15) is 16.8 Å². The Labute approximate surface area is 284 Å². The van der Waals surface area contributed by atoms with Crippen molar-refractivity contribution in [1.29, 1.82) is 0 Å². The normalized spacial score (nSPS) is 16.7. The molecule has 0 unspecified atom stereocenters. The van der Waals surface area contributed by atoms with Crippen LogP contribution in [0, 0.1) is 37.8 Å². The zero-order valence-electron chi connectivity index (χ0n) is 27.2. The number of nitrogens with zero attached hydrogens (tertiary/aromatic N) is 1. The molecule has 2 atom stereocenters. The Hall–Kier alpha value is -4.70. The van der Waals surface area contributed by atoms with Gasteiger partial charge in [0.25, 0.3) is 25.9 Å². The molecule has 0 aromatic heterocycles. The lowest BCUT2D eigenvalue weighted by Crippen LogP contribution is -2.34. The molecule has 0 saturated carbocycles. The van der Waals surface area contributed by atoms with E-state index in [9.17, 15) is 26.9 Å². The van der Waals surface area contributed by atoms with E-state index in [0.717, 1.165) is 16.7 Å². The van der Waals surface area contributed by atoms with Crippen LogP contribution in [0.5, 0.6) is 23.0 Å². The van der Waals surface area contributed by atoms with Crippen LogP contribution in [0.4, 0.5) is 5.69 Å². The minimum Gasteiger partial charge on any atom is -0.486 e. The van der Waals surface area contributed by atoms with Crippen LogP contribution in [0.25, 0.3) is 0 Å². The molecular weight excluding hydrogens is 679 g/mol. The third-order valence-electron chi connectivity index (χ3n) is 7.43. The Balaban J connectivity index is 0.000000192. The second kappa shape index (κ2) is 14.8. The summed E-state index contributed by atoms with van der Waals surface area (Å²) >= 11 is 0. The van der Waals surface area contributed by atoms with Crippen LogP contribution in [0.1, 0.15) is 22.3 Å². The minimum absolute atomic E-state index is 0.0477. The van der Waals surface area contributed by atoms with Crippen LogP contribution < -0.4 is 18.9 Å². The molecule has 0 N–H and O–H groups in total. The smallest absolute Gasteiger partial charge is 0.297 e. The summed E-state index contributed by atoms with van der Waals surface area (Å²) in [7, 11) is -7.72. The maximum Gasteiger partial charge on any atom is 0.297 e. The number of fused-ring (bicyclic) bond motifs is 2. The zero-order chi connectivity index (χ0) is 35.3. The molecule has 0 amide bonds. The van der Waals surface area contributed by atoms with Crippen LogP contribution in [0.3, 0.4) is 0 Å². The minimum atomic E-state index is -3.93. The van der Waals surface area contributed by atoms with Crippen molar-refractivity contribution >= 4 is 25.9 Å². The van der Waals surface area contributed by atoms with E-state index in [1.807, 2.05) is 39.0 Å². The SMILES string of the molecule is Cc1ccc(S(=O)(=O)OC[C@H]2COc3cc(C)c([N+](=O)[O-])cc3O2)cc1.Cc1ccc(S(=O)(=O)OC[C@H]2COc3cc(C)ccc3O2)cc1. The molecule has 2 heterocycles. The number of ether oxygens (including phenoxy) is 4. The summed E-state index contributed by atoms with van der Waals surface area (Å²) in [6.45, 7) is 7.28. The standard InChI is InChI=1S/C17H17NO7S.C17H18O5S/c1-11-3-5-14(6-4-11)26(21,22)24-10-13-9-23-16-7-12(2)15(18(19)20)8-17(16)25-13;1-12-3-6-15(7-4-12)23(18,19)21-11-14-10-20-17-9-13(2)5-8-16(17)22-14/h3-8,13H,9-10H2,1-2H3;3-9,14H,10-11H2,1-2H3/t13-;14-/m11/s1. The summed E-state index contributed by atoms with van der Waals surface area (Å²) in [5.41, 5.74) is 3.35. The van der Waals surface area contributed by atoms with E-state index in [1.54, 1.807) is 31.2 Å². The Morgan fingerprint density at radius 1 is 0.633 bits per heavy atom. The van der Waals surface area contributed by atoms with Gasteiger partial charge in [0, 0.05) is 5.56 Å². The first-order valence-electron chi connectivity index (χ1n) is 15.1. The fourth-order valence-electron chi connectivity index (χ4n) is 4.71. The number of hydrogen-bond acceptors (Lipinski definition) is 12. The molecule has 49 heavy (non-hydrogen) atoms. The van der Waals surface area contributed by atoms with Crippen molar-refractivity contribution in [1.82, 2.24) is 0 Å². The summed E-state index contributed by atoms with van der Waals surface area (Å²) in [6.07, 6.45) is -1.17. The van der Waals surface area contributed by atoms with Crippen LogP contribution in [0.2, 0.25) is 0 Å². The number of rotatable bonds is 9. The molecule has 0 radical (unpaired) electrons. The average molecular weight is 714 g/mol. The van der Waals surface area contributed by atoms with E-state index in [4.69, 9.17) is 27.3 Å². The van der Waals surface area contributed by atoms with E-state index in [1.165, 1.54) is 36.4 Å². The van der Waals surface area contributed by atoms with Crippen molar-refractivity contribution in [3.05, 3.63) is 111 Å². The van der Waals surface area contributed by atoms with Gasteiger partial charge in [-0.25, -0.2) is 0 Å². The van der Waals surface area contributed by atoms with Crippen molar-refractivity contribution in [2.75, 3.05) is 26.4 Å². The molecule has 2 aliphatic rings.